The highest BCUT2D eigenvalue weighted by Gasteiger charge is 2.30. The fraction of sp³-hybridized carbons (Fsp3) is 0.692. The largest absolute Gasteiger partial charge is 0.378 e. The Morgan fingerprint density at radius 3 is 1.45 bits per heavy atom. The maximum absolute atomic E-state index is 12.3. The number of rotatable bonds is 0. The van der Waals surface area contributed by atoms with E-state index in [2.05, 4.69) is 0 Å². The Morgan fingerprint density at radius 2 is 1.09 bits per heavy atom. The number of carbonyl (C=O) groups is 2. The van der Waals surface area contributed by atoms with Gasteiger partial charge in [-0.15, -0.1) is 12.4 Å². The Labute approximate surface area is 135 Å². The predicted octanol–water partition coefficient (Wildman–Crippen LogP) is 0.359. The fourth-order valence-corrected chi connectivity index (χ4v) is 2.54. The Hall–Kier alpha value is -1.51. The van der Waals surface area contributed by atoms with Crippen LogP contribution < -0.4 is 0 Å². The molecule has 4 amide bonds. The Bertz CT molecular complexity index is 398. The second-order valence-corrected chi connectivity index (χ2v) is 5.14. The van der Waals surface area contributed by atoms with Gasteiger partial charge in [0.05, 0.1) is 26.4 Å². The van der Waals surface area contributed by atoms with Crippen molar-refractivity contribution in [2.24, 2.45) is 0 Å². The zero-order valence-electron chi connectivity index (χ0n) is 12.3. The van der Waals surface area contributed by atoms with Gasteiger partial charge in [0.1, 0.15) is 6.67 Å². The number of hydrogen-bond donors (Lipinski definition) is 0. The van der Waals surface area contributed by atoms with Crippen LogP contribution >= 0.6 is 12.4 Å². The molecular weight excluding hydrogens is 312 g/mol. The van der Waals surface area contributed by atoms with Crippen molar-refractivity contribution in [3.63, 3.8) is 0 Å². The van der Waals surface area contributed by atoms with Crippen LogP contribution in [0.15, 0.2) is 12.4 Å². The highest BCUT2D eigenvalue weighted by Crippen LogP contribution is 2.14. The van der Waals surface area contributed by atoms with E-state index < -0.39 is 0 Å². The van der Waals surface area contributed by atoms with Gasteiger partial charge in [0, 0.05) is 38.6 Å². The summed E-state index contributed by atoms with van der Waals surface area (Å²) < 4.78 is 10.5. The van der Waals surface area contributed by atoms with E-state index in [1.54, 1.807) is 32.0 Å². The molecule has 0 radical (unpaired) electrons. The Kier molecular flexibility index (Phi) is 5.87. The van der Waals surface area contributed by atoms with Gasteiger partial charge in [-0.2, -0.15) is 0 Å². The molecule has 2 saturated heterocycles. The lowest BCUT2D eigenvalue weighted by atomic mass is 10.4. The molecule has 0 unspecified atom stereocenters. The standard InChI is InChI=1S/C13H20N4O4.ClH/c18-12(14-3-7-20-8-4-14)16-1-2-17(11-16)13(19)15-5-9-21-10-6-15;/h1-2H,3-11H2;1H. The Morgan fingerprint density at radius 1 is 0.727 bits per heavy atom. The van der Waals surface area contributed by atoms with Crippen LogP contribution in [0.3, 0.4) is 0 Å². The normalized spacial score (nSPS) is 21.8. The van der Waals surface area contributed by atoms with E-state index in [4.69, 9.17) is 9.47 Å². The number of hydrogen-bond acceptors (Lipinski definition) is 4. The summed E-state index contributed by atoms with van der Waals surface area (Å²) >= 11 is 0. The molecule has 0 aliphatic carbocycles. The first-order chi connectivity index (χ1) is 10.3. The maximum atomic E-state index is 12.3. The average molecular weight is 333 g/mol. The van der Waals surface area contributed by atoms with Crippen LogP contribution in [0.2, 0.25) is 0 Å². The number of ether oxygens (including phenoxy) is 2. The lowest BCUT2D eigenvalue weighted by Gasteiger charge is -2.32. The molecule has 0 aromatic carbocycles. The van der Waals surface area contributed by atoms with Crippen molar-refractivity contribution in [3.8, 4) is 0 Å². The van der Waals surface area contributed by atoms with Gasteiger partial charge in [0.2, 0.25) is 0 Å². The molecule has 2 fully saturated rings. The van der Waals surface area contributed by atoms with Crippen molar-refractivity contribution in [2.75, 3.05) is 59.3 Å². The van der Waals surface area contributed by atoms with Crippen molar-refractivity contribution < 1.29 is 19.1 Å². The zero-order valence-corrected chi connectivity index (χ0v) is 13.2. The second-order valence-electron chi connectivity index (χ2n) is 5.14. The summed E-state index contributed by atoms with van der Waals surface area (Å²) in [7, 11) is 0. The lowest BCUT2D eigenvalue weighted by molar-refractivity contribution is 0.0407. The molecule has 3 rings (SSSR count). The van der Waals surface area contributed by atoms with E-state index in [0.717, 1.165) is 0 Å². The van der Waals surface area contributed by atoms with Crippen molar-refractivity contribution in [2.45, 2.75) is 0 Å². The number of morpholine rings is 2. The van der Waals surface area contributed by atoms with Crippen molar-refractivity contribution >= 4 is 24.5 Å². The minimum Gasteiger partial charge on any atom is -0.378 e. The molecular formula is C13H21ClN4O4. The zero-order chi connectivity index (χ0) is 14.7. The summed E-state index contributed by atoms with van der Waals surface area (Å²) in [5, 5.41) is 0. The van der Waals surface area contributed by atoms with Crippen molar-refractivity contribution in [3.05, 3.63) is 12.4 Å². The van der Waals surface area contributed by atoms with Crippen molar-refractivity contribution in [1.82, 2.24) is 19.6 Å². The van der Waals surface area contributed by atoms with E-state index in [0.29, 0.717) is 52.6 Å². The molecule has 9 heteroatoms. The number of halogens is 1. The maximum Gasteiger partial charge on any atom is 0.325 e. The van der Waals surface area contributed by atoms with E-state index in [1.807, 2.05) is 0 Å². The molecule has 0 aromatic rings. The van der Waals surface area contributed by atoms with Crippen LogP contribution in [-0.2, 0) is 9.47 Å². The minimum atomic E-state index is -0.0770. The third-order valence-electron chi connectivity index (χ3n) is 3.79. The highest BCUT2D eigenvalue weighted by molar-refractivity contribution is 5.85. The van der Waals surface area contributed by atoms with Crippen LogP contribution in [-0.4, -0.2) is 90.9 Å². The first kappa shape index (κ1) is 16.9. The van der Waals surface area contributed by atoms with E-state index in [-0.39, 0.29) is 31.1 Å². The highest BCUT2D eigenvalue weighted by atomic mass is 35.5. The van der Waals surface area contributed by atoms with E-state index in [1.165, 1.54) is 0 Å². The van der Waals surface area contributed by atoms with Gasteiger partial charge < -0.3 is 19.3 Å². The lowest BCUT2D eigenvalue weighted by Crippen LogP contribution is -2.50. The van der Waals surface area contributed by atoms with Crippen LogP contribution in [0.5, 0.6) is 0 Å². The molecule has 22 heavy (non-hydrogen) atoms. The average Bonchev–Trinajstić information content (AvgIpc) is 3.05. The smallest absolute Gasteiger partial charge is 0.325 e. The topological polar surface area (TPSA) is 65.6 Å². The van der Waals surface area contributed by atoms with Gasteiger partial charge in [0.15, 0.2) is 0 Å². The first-order valence-electron chi connectivity index (χ1n) is 7.20. The minimum absolute atomic E-state index is 0. The summed E-state index contributed by atoms with van der Waals surface area (Å²) in [5.74, 6) is 0. The summed E-state index contributed by atoms with van der Waals surface area (Å²) in [4.78, 5) is 31.2. The van der Waals surface area contributed by atoms with E-state index in [9.17, 15) is 9.59 Å². The number of amides is 4. The molecule has 3 aliphatic rings. The Balaban J connectivity index is 0.00000176. The number of urea groups is 2. The van der Waals surface area contributed by atoms with Gasteiger partial charge >= 0.3 is 12.1 Å². The fourth-order valence-electron chi connectivity index (χ4n) is 2.54. The molecule has 0 atom stereocenters. The first-order valence-corrected chi connectivity index (χ1v) is 7.20. The van der Waals surface area contributed by atoms with Crippen LogP contribution in [0, 0.1) is 0 Å². The van der Waals surface area contributed by atoms with Gasteiger partial charge in [-0.05, 0) is 0 Å². The summed E-state index contributed by atoms with van der Waals surface area (Å²) in [6, 6.07) is -0.154. The molecule has 0 aromatic heterocycles. The van der Waals surface area contributed by atoms with E-state index >= 15 is 0 Å². The molecule has 0 bridgehead atoms. The van der Waals surface area contributed by atoms with Gasteiger partial charge in [0.25, 0.3) is 0 Å². The summed E-state index contributed by atoms with van der Waals surface area (Å²) in [6.45, 7) is 4.94. The van der Waals surface area contributed by atoms with Gasteiger partial charge in [-0.25, -0.2) is 9.59 Å². The number of carbonyl (C=O) groups excluding carboxylic acids is 2. The van der Waals surface area contributed by atoms with Crippen LogP contribution in [0.4, 0.5) is 9.59 Å². The molecule has 3 aliphatic heterocycles. The van der Waals surface area contributed by atoms with Crippen molar-refractivity contribution in [1.29, 1.82) is 0 Å². The van der Waals surface area contributed by atoms with Crippen LogP contribution in [0.25, 0.3) is 0 Å². The SMILES string of the molecule is Cl.O=C(N1C=CN(C(=O)N2CCOCC2)C1)N1CCOCC1. The molecule has 0 spiro atoms. The summed E-state index contributed by atoms with van der Waals surface area (Å²) in [6.07, 6.45) is 3.33. The molecule has 3 heterocycles. The number of nitrogens with zero attached hydrogens (tertiary/aromatic N) is 4. The van der Waals surface area contributed by atoms with Crippen LogP contribution in [0.1, 0.15) is 0 Å². The third kappa shape index (κ3) is 3.63. The molecule has 124 valence electrons. The van der Waals surface area contributed by atoms with Gasteiger partial charge in [-0.3, -0.25) is 9.80 Å². The predicted molar refractivity (Wildman–Crippen MR) is 80.5 cm³/mol. The molecule has 0 N–H and O–H groups in total. The molecule has 8 nitrogen and oxygen atoms in total. The third-order valence-corrected chi connectivity index (χ3v) is 3.79. The quantitative estimate of drug-likeness (QED) is 0.642. The molecule has 0 saturated carbocycles. The monoisotopic (exact) mass is 332 g/mol. The summed E-state index contributed by atoms with van der Waals surface area (Å²) in [5.41, 5.74) is 0. The van der Waals surface area contributed by atoms with Gasteiger partial charge in [-0.1, -0.05) is 0 Å². The second kappa shape index (κ2) is 7.66.